The van der Waals surface area contributed by atoms with E-state index in [0.717, 1.165) is 37.0 Å². The van der Waals surface area contributed by atoms with E-state index in [1.165, 1.54) is 77.6 Å². The van der Waals surface area contributed by atoms with Gasteiger partial charge in [-0.05, 0) is 49.4 Å². The van der Waals surface area contributed by atoms with Crippen molar-refractivity contribution in [3.63, 3.8) is 0 Å². The Balaban J connectivity index is 1.58. The standard InChI is InChI=1S/C22H38O3/c1-16(23)25-22-13-12-17(15-21(22)24)14-20(18-8-4-2-5-9-18)19-10-6-3-7-11-19/h17-22,24H,2-15H2,1H3. The van der Waals surface area contributed by atoms with E-state index in [1.54, 1.807) is 0 Å². The van der Waals surface area contributed by atoms with Crippen LogP contribution in [0, 0.1) is 23.7 Å². The zero-order valence-electron chi connectivity index (χ0n) is 16.1. The largest absolute Gasteiger partial charge is 0.460 e. The minimum Gasteiger partial charge on any atom is -0.460 e. The summed E-state index contributed by atoms with van der Waals surface area (Å²) in [5.41, 5.74) is 0. The maximum Gasteiger partial charge on any atom is 0.302 e. The van der Waals surface area contributed by atoms with Crippen molar-refractivity contribution >= 4 is 5.97 Å². The van der Waals surface area contributed by atoms with E-state index < -0.39 is 6.10 Å². The second kappa shape index (κ2) is 9.39. The lowest BCUT2D eigenvalue weighted by atomic mass is 9.65. The summed E-state index contributed by atoms with van der Waals surface area (Å²) in [5.74, 6) is 3.10. The molecule has 0 amide bonds. The molecule has 3 fully saturated rings. The molecule has 0 aromatic rings. The molecule has 0 aromatic heterocycles. The number of hydrogen-bond acceptors (Lipinski definition) is 3. The van der Waals surface area contributed by atoms with Gasteiger partial charge in [-0.25, -0.2) is 0 Å². The minimum atomic E-state index is -0.457. The van der Waals surface area contributed by atoms with Crippen LogP contribution in [0.4, 0.5) is 0 Å². The highest BCUT2D eigenvalue weighted by molar-refractivity contribution is 5.66. The van der Waals surface area contributed by atoms with Gasteiger partial charge in [-0.3, -0.25) is 4.79 Å². The molecule has 3 saturated carbocycles. The van der Waals surface area contributed by atoms with E-state index in [1.807, 2.05) is 0 Å². The number of esters is 1. The molecule has 3 unspecified atom stereocenters. The van der Waals surface area contributed by atoms with Crippen LogP contribution in [0.3, 0.4) is 0 Å². The molecule has 0 aliphatic heterocycles. The smallest absolute Gasteiger partial charge is 0.302 e. The fourth-order valence-corrected chi connectivity index (χ4v) is 6.05. The lowest BCUT2D eigenvalue weighted by Crippen LogP contribution is -2.38. The van der Waals surface area contributed by atoms with Crippen LogP contribution in [0.1, 0.15) is 96.8 Å². The average Bonchev–Trinajstić information content (AvgIpc) is 2.63. The first-order chi connectivity index (χ1) is 12.1. The number of carbonyl (C=O) groups excluding carboxylic acids is 1. The minimum absolute atomic E-state index is 0.259. The highest BCUT2D eigenvalue weighted by Crippen LogP contribution is 2.45. The molecule has 1 N–H and O–H groups in total. The van der Waals surface area contributed by atoms with Crippen molar-refractivity contribution in [2.45, 2.75) is 109 Å². The van der Waals surface area contributed by atoms with Crippen LogP contribution in [0.15, 0.2) is 0 Å². The molecule has 144 valence electrons. The third-order valence-electron chi connectivity index (χ3n) is 7.30. The SMILES string of the molecule is CC(=O)OC1CCC(CC(C2CCCCC2)C2CCCCC2)CC1O. The molecule has 0 radical (unpaired) electrons. The molecule has 0 saturated heterocycles. The highest BCUT2D eigenvalue weighted by Gasteiger charge is 2.37. The van der Waals surface area contributed by atoms with Gasteiger partial charge < -0.3 is 9.84 Å². The summed E-state index contributed by atoms with van der Waals surface area (Å²) in [6.07, 6.45) is 17.7. The Kier molecular flexibility index (Phi) is 7.21. The van der Waals surface area contributed by atoms with Crippen LogP contribution in [0.2, 0.25) is 0 Å². The first-order valence-corrected chi connectivity index (χ1v) is 11.0. The number of aliphatic hydroxyl groups is 1. The Labute approximate surface area is 153 Å². The lowest BCUT2D eigenvalue weighted by Gasteiger charge is -2.41. The van der Waals surface area contributed by atoms with E-state index in [0.29, 0.717) is 5.92 Å². The van der Waals surface area contributed by atoms with Crippen LogP contribution < -0.4 is 0 Å². The zero-order chi connectivity index (χ0) is 17.6. The van der Waals surface area contributed by atoms with Gasteiger partial charge in [0.2, 0.25) is 0 Å². The van der Waals surface area contributed by atoms with Gasteiger partial charge in [0.1, 0.15) is 6.10 Å². The molecule has 0 heterocycles. The monoisotopic (exact) mass is 350 g/mol. The number of ether oxygens (including phenoxy) is 1. The molecule has 3 atom stereocenters. The first kappa shape index (κ1) is 19.2. The summed E-state index contributed by atoms with van der Waals surface area (Å²) in [6.45, 7) is 1.45. The quantitative estimate of drug-likeness (QED) is 0.689. The highest BCUT2D eigenvalue weighted by atomic mass is 16.6. The molecule has 3 aliphatic rings. The third kappa shape index (κ3) is 5.45. The van der Waals surface area contributed by atoms with Gasteiger partial charge in [0, 0.05) is 6.92 Å². The predicted octanol–water partition coefficient (Wildman–Crippen LogP) is 5.25. The molecule has 3 nitrogen and oxygen atoms in total. The molecule has 3 aliphatic carbocycles. The van der Waals surface area contributed by atoms with Crippen LogP contribution in [-0.4, -0.2) is 23.3 Å². The topological polar surface area (TPSA) is 46.5 Å². The second-order valence-corrected chi connectivity index (χ2v) is 9.09. The third-order valence-corrected chi connectivity index (χ3v) is 7.30. The van der Waals surface area contributed by atoms with Crippen LogP contribution in [0.5, 0.6) is 0 Å². The fourth-order valence-electron chi connectivity index (χ4n) is 6.05. The first-order valence-electron chi connectivity index (χ1n) is 11.0. The maximum absolute atomic E-state index is 11.2. The van der Waals surface area contributed by atoms with Crippen molar-refractivity contribution in [3.8, 4) is 0 Å². The molecular formula is C22H38O3. The normalized spacial score (nSPS) is 32.7. The average molecular weight is 351 g/mol. The van der Waals surface area contributed by atoms with Gasteiger partial charge in [-0.1, -0.05) is 64.2 Å². The van der Waals surface area contributed by atoms with Gasteiger partial charge >= 0.3 is 5.97 Å². The molecular weight excluding hydrogens is 312 g/mol. The van der Waals surface area contributed by atoms with Crippen molar-refractivity contribution in [1.29, 1.82) is 0 Å². The van der Waals surface area contributed by atoms with Crippen molar-refractivity contribution in [1.82, 2.24) is 0 Å². The number of aliphatic hydroxyl groups excluding tert-OH is 1. The summed E-state index contributed by atoms with van der Waals surface area (Å²) >= 11 is 0. The van der Waals surface area contributed by atoms with Gasteiger partial charge in [0.05, 0.1) is 6.10 Å². The number of carbonyl (C=O) groups is 1. The Morgan fingerprint density at radius 3 is 1.96 bits per heavy atom. The van der Waals surface area contributed by atoms with Crippen molar-refractivity contribution in [2.24, 2.45) is 23.7 Å². The Hall–Kier alpha value is -0.570. The molecule has 0 aromatic carbocycles. The maximum atomic E-state index is 11.2. The summed E-state index contributed by atoms with van der Waals surface area (Å²) < 4.78 is 5.30. The molecule has 25 heavy (non-hydrogen) atoms. The van der Waals surface area contributed by atoms with Crippen molar-refractivity contribution in [2.75, 3.05) is 0 Å². The summed E-state index contributed by atoms with van der Waals surface area (Å²) in [4.78, 5) is 11.2. The van der Waals surface area contributed by atoms with Gasteiger partial charge in [0.15, 0.2) is 0 Å². The van der Waals surface area contributed by atoms with E-state index in [4.69, 9.17) is 4.74 Å². The fraction of sp³-hybridized carbons (Fsp3) is 0.955. The van der Waals surface area contributed by atoms with E-state index in [2.05, 4.69) is 0 Å². The van der Waals surface area contributed by atoms with Crippen LogP contribution in [-0.2, 0) is 9.53 Å². The van der Waals surface area contributed by atoms with E-state index in [-0.39, 0.29) is 12.1 Å². The van der Waals surface area contributed by atoms with E-state index in [9.17, 15) is 9.90 Å². The molecule has 0 spiro atoms. The molecule has 3 rings (SSSR count). The zero-order valence-corrected chi connectivity index (χ0v) is 16.1. The Morgan fingerprint density at radius 1 is 0.920 bits per heavy atom. The Bertz CT molecular complexity index is 391. The van der Waals surface area contributed by atoms with Crippen molar-refractivity contribution < 1.29 is 14.6 Å². The number of rotatable bonds is 5. The second-order valence-electron chi connectivity index (χ2n) is 9.09. The predicted molar refractivity (Wildman–Crippen MR) is 100 cm³/mol. The molecule has 3 heteroatoms. The van der Waals surface area contributed by atoms with Crippen LogP contribution in [0.25, 0.3) is 0 Å². The van der Waals surface area contributed by atoms with Gasteiger partial charge in [-0.15, -0.1) is 0 Å². The van der Waals surface area contributed by atoms with E-state index >= 15 is 0 Å². The van der Waals surface area contributed by atoms with Crippen molar-refractivity contribution in [3.05, 3.63) is 0 Å². The summed E-state index contributed by atoms with van der Waals surface area (Å²) in [7, 11) is 0. The summed E-state index contributed by atoms with van der Waals surface area (Å²) in [6, 6.07) is 0. The lowest BCUT2D eigenvalue weighted by molar-refractivity contribution is -0.156. The van der Waals surface area contributed by atoms with Crippen LogP contribution >= 0.6 is 0 Å². The van der Waals surface area contributed by atoms with Gasteiger partial charge in [-0.2, -0.15) is 0 Å². The molecule has 0 bridgehead atoms. The number of hydrogen-bond donors (Lipinski definition) is 1. The Morgan fingerprint density at radius 2 is 1.48 bits per heavy atom. The summed E-state index contributed by atoms with van der Waals surface area (Å²) in [5, 5.41) is 10.4. The van der Waals surface area contributed by atoms with Gasteiger partial charge in [0.25, 0.3) is 0 Å².